The Labute approximate surface area is 118 Å². The molecular formula is C16H15N3O. The Bertz CT molecular complexity index is 689. The molecule has 2 aromatic rings. The van der Waals surface area contributed by atoms with Crippen molar-refractivity contribution in [2.45, 2.75) is 19.8 Å². The maximum Gasteiger partial charge on any atom is 0.237 e. The number of ether oxygens (including phenoxy) is 1. The van der Waals surface area contributed by atoms with Gasteiger partial charge in [0.2, 0.25) is 5.88 Å². The fraction of sp³-hybridized carbons (Fsp3) is 0.250. The third-order valence-electron chi connectivity index (χ3n) is 3.36. The molecule has 0 atom stereocenters. The molecule has 3 rings (SSSR count). The standard InChI is InChI=1S/C16H15N3O/c1-11-7-8-13(10-17)16(19-11)20-14-6-2-4-12-5-3-9-18-15(12)14/h2,4,6-8,18H,3,5,9H2,1H3. The molecule has 100 valence electrons. The number of pyridine rings is 1. The smallest absolute Gasteiger partial charge is 0.237 e. The first kappa shape index (κ1) is 12.5. The molecule has 0 unspecified atom stereocenters. The van der Waals surface area contributed by atoms with E-state index in [9.17, 15) is 0 Å². The summed E-state index contributed by atoms with van der Waals surface area (Å²) >= 11 is 0. The van der Waals surface area contributed by atoms with E-state index in [4.69, 9.17) is 10.00 Å². The molecule has 1 aromatic heterocycles. The van der Waals surface area contributed by atoms with Gasteiger partial charge in [0.1, 0.15) is 11.6 Å². The molecule has 0 saturated heterocycles. The molecule has 0 bridgehead atoms. The van der Waals surface area contributed by atoms with Gasteiger partial charge in [0.15, 0.2) is 5.75 Å². The van der Waals surface area contributed by atoms with Gasteiger partial charge >= 0.3 is 0 Å². The van der Waals surface area contributed by atoms with Gasteiger partial charge in [0.05, 0.1) is 5.69 Å². The van der Waals surface area contributed by atoms with Crippen LogP contribution in [0.3, 0.4) is 0 Å². The molecule has 0 amide bonds. The van der Waals surface area contributed by atoms with Crippen molar-refractivity contribution in [3.63, 3.8) is 0 Å². The first-order valence-corrected chi connectivity index (χ1v) is 6.69. The van der Waals surface area contributed by atoms with Crippen LogP contribution in [0.15, 0.2) is 30.3 Å². The van der Waals surface area contributed by atoms with Crippen molar-refractivity contribution in [3.05, 3.63) is 47.2 Å². The molecule has 0 aliphatic carbocycles. The molecule has 2 heterocycles. The number of nitrogens with one attached hydrogen (secondary N) is 1. The van der Waals surface area contributed by atoms with Gasteiger partial charge < -0.3 is 10.1 Å². The van der Waals surface area contributed by atoms with E-state index in [2.05, 4.69) is 22.4 Å². The average Bonchev–Trinajstić information content (AvgIpc) is 2.48. The van der Waals surface area contributed by atoms with Gasteiger partial charge in [-0.15, -0.1) is 0 Å². The average molecular weight is 265 g/mol. The molecule has 1 aliphatic heterocycles. The van der Waals surface area contributed by atoms with Crippen molar-refractivity contribution in [2.24, 2.45) is 0 Å². The first-order valence-electron chi connectivity index (χ1n) is 6.69. The van der Waals surface area contributed by atoms with Crippen LogP contribution in [0.25, 0.3) is 0 Å². The fourth-order valence-corrected chi connectivity index (χ4v) is 2.36. The SMILES string of the molecule is Cc1ccc(C#N)c(Oc2cccc3c2NCCC3)n1. The predicted octanol–water partition coefficient (Wildman–Crippen LogP) is 3.41. The lowest BCUT2D eigenvalue weighted by molar-refractivity contribution is 0.460. The van der Waals surface area contributed by atoms with Gasteiger partial charge in [-0.05, 0) is 43.5 Å². The van der Waals surface area contributed by atoms with E-state index in [1.165, 1.54) is 5.56 Å². The lowest BCUT2D eigenvalue weighted by Crippen LogP contribution is -2.12. The van der Waals surface area contributed by atoms with Crippen LogP contribution in [0, 0.1) is 18.3 Å². The van der Waals surface area contributed by atoms with Crippen molar-refractivity contribution in [3.8, 4) is 17.7 Å². The predicted molar refractivity (Wildman–Crippen MR) is 77.0 cm³/mol. The second-order valence-electron chi connectivity index (χ2n) is 4.84. The van der Waals surface area contributed by atoms with Crippen molar-refractivity contribution in [1.82, 2.24) is 4.98 Å². The highest BCUT2D eigenvalue weighted by Crippen LogP contribution is 2.35. The number of hydrogen-bond acceptors (Lipinski definition) is 4. The minimum Gasteiger partial charge on any atom is -0.435 e. The summed E-state index contributed by atoms with van der Waals surface area (Å²) < 4.78 is 5.88. The van der Waals surface area contributed by atoms with E-state index in [0.717, 1.165) is 36.5 Å². The van der Waals surface area contributed by atoms with E-state index in [1.807, 2.05) is 25.1 Å². The molecule has 4 heteroatoms. The van der Waals surface area contributed by atoms with Crippen molar-refractivity contribution in [2.75, 3.05) is 11.9 Å². The third kappa shape index (κ3) is 2.30. The molecule has 0 saturated carbocycles. The highest BCUT2D eigenvalue weighted by atomic mass is 16.5. The van der Waals surface area contributed by atoms with E-state index in [-0.39, 0.29) is 0 Å². The second kappa shape index (κ2) is 5.22. The lowest BCUT2D eigenvalue weighted by Gasteiger charge is -2.21. The van der Waals surface area contributed by atoms with Crippen molar-refractivity contribution >= 4 is 5.69 Å². The number of aryl methyl sites for hydroxylation is 2. The fourth-order valence-electron chi connectivity index (χ4n) is 2.36. The number of aromatic nitrogens is 1. The quantitative estimate of drug-likeness (QED) is 0.904. The summed E-state index contributed by atoms with van der Waals surface area (Å²) in [5.41, 5.74) is 3.55. The van der Waals surface area contributed by atoms with Crippen LogP contribution in [0.4, 0.5) is 5.69 Å². The summed E-state index contributed by atoms with van der Waals surface area (Å²) in [6, 6.07) is 11.6. The number of rotatable bonds is 2. The number of nitrogens with zero attached hydrogens (tertiary/aromatic N) is 2. The van der Waals surface area contributed by atoms with Crippen molar-refractivity contribution < 1.29 is 4.74 Å². The molecule has 1 N–H and O–H groups in total. The summed E-state index contributed by atoms with van der Waals surface area (Å²) in [6.45, 7) is 2.83. The summed E-state index contributed by atoms with van der Waals surface area (Å²) in [5, 5.41) is 12.5. The number of anilines is 1. The zero-order chi connectivity index (χ0) is 13.9. The summed E-state index contributed by atoms with van der Waals surface area (Å²) in [5.74, 6) is 1.10. The monoisotopic (exact) mass is 265 g/mol. The van der Waals surface area contributed by atoms with Crippen LogP contribution in [0.1, 0.15) is 23.2 Å². The Kier molecular flexibility index (Phi) is 3.26. The summed E-state index contributed by atoms with van der Waals surface area (Å²) in [7, 11) is 0. The van der Waals surface area contributed by atoms with E-state index < -0.39 is 0 Å². The van der Waals surface area contributed by atoms with Crippen LogP contribution in [-0.2, 0) is 6.42 Å². The van der Waals surface area contributed by atoms with E-state index >= 15 is 0 Å². The van der Waals surface area contributed by atoms with E-state index in [0.29, 0.717) is 11.4 Å². The lowest BCUT2D eigenvalue weighted by atomic mass is 10.0. The first-order chi connectivity index (χ1) is 9.78. The maximum atomic E-state index is 9.14. The van der Waals surface area contributed by atoms with Crippen LogP contribution in [0.2, 0.25) is 0 Å². The van der Waals surface area contributed by atoms with E-state index in [1.54, 1.807) is 6.07 Å². The number of nitriles is 1. The molecule has 20 heavy (non-hydrogen) atoms. The molecule has 1 aromatic carbocycles. The number of hydrogen-bond donors (Lipinski definition) is 1. The Balaban J connectivity index is 2.00. The number of benzene rings is 1. The van der Waals surface area contributed by atoms with Gasteiger partial charge in [0.25, 0.3) is 0 Å². The molecule has 0 radical (unpaired) electrons. The minimum atomic E-state index is 0.369. The van der Waals surface area contributed by atoms with Gasteiger partial charge in [0, 0.05) is 12.2 Å². The Morgan fingerprint density at radius 3 is 3.05 bits per heavy atom. The largest absolute Gasteiger partial charge is 0.435 e. The minimum absolute atomic E-state index is 0.369. The molecule has 0 fully saturated rings. The highest BCUT2D eigenvalue weighted by molar-refractivity contribution is 5.64. The zero-order valence-corrected chi connectivity index (χ0v) is 11.3. The zero-order valence-electron chi connectivity index (χ0n) is 11.3. The van der Waals surface area contributed by atoms with Gasteiger partial charge in [-0.2, -0.15) is 5.26 Å². The second-order valence-corrected chi connectivity index (χ2v) is 4.84. The number of para-hydroxylation sites is 1. The summed E-state index contributed by atoms with van der Waals surface area (Å²) in [6.07, 6.45) is 2.18. The molecule has 1 aliphatic rings. The Morgan fingerprint density at radius 1 is 1.30 bits per heavy atom. The maximum absolute atomic E-state index is 9.14. The van der Waals surface area contributed by atoms with Crippen LogP contribution < -0.4 is 10.1 Å². The summed E-state index contributed by atoms with van der Waals surface area (Å²) in [4.78, 5) is 4.32. The molecule has 0 spiro atoms. The normalized spacial score (nSPS) is 13.0. The third-order valence-corrected chi connectivity index (χ3v) is 3.36. The van der Waals surface area contributed by atoms with Crippen LogP contribution in [-0.4, -0.2) is 11.5 Å². The van der Waals surface area contributed by atoms with Gasteiger partial charge in [-0.3, -0.25) is 0 Å². The Morgan fingerprint density at radius 2 is 2.20 bits per heavy atom. The van der Waals surface area contributed by atoms with Crippen LogP contribution in [0.5, 0.6) is 11.6 Å². The highest BCUT2D eigenvalue weighted by Gasteiger charge is 2.15. The number of fused-ring (bicyclic) bond motifs is 1. The van der Waals surface area contributed by atoms with Gasteiger partial charge in [-0.25, -0.2) is 4.98 Å². The van der Waals surface area contributed by atoms with Crippen molar-refractivity contribution in [1.29, 1.82) is 5.26 Å². The molecule has 4 nitrogen and oxygen atoms in total. The van der Waals surface area contributed by atoms with Crippen LogP contribution >= 0.6 is 0 Å². The topological polar surface area (TPSA) is 57.9 Å². The van der Waals surface area contributed by atoms with Gasteiger partial charge in [-0.1, -0.05) is 12.1 Å². The molecular weight excluding hydrogens is 250 g/mol. The Hall–Kier alpha value is -2.54.